The topological polar surface area (TPSA) is 15.3 Å². The fourth-order valence-electron chi connectivity index (χ4n) is 2.67. The van der Waals surface area contributed by atoms with E-state index >= 15 is 0 Å². The van der Waals surface area contributed by atoms with Gasteiger partial charge in [-0.25, -0.2) is 0 Å². The summed E-state index contributed by atoms with van der Waals surface area (Å²) < 4.78 is 38.6. The maximum Gasteiger partial charge on any atom is 0.416 e. The third kappa shape index (κ3) is 5.46. The average Bonchev–Trinajstić information content (AvgIpc) is 2.39. The first-order valence-corrected chi connectivity index (χ1v) is 7.12. The number of hydrogen-bond acceptors (Lipinski definition) is 2. The average molecular weight is 380 g/mol. The summed E-state index contributed by atoms with van der Waals surface area (Å²) in [4.78, 5) is 2.21. The largest absolute Gasteiger partial charge is 0.416 e. The lowest BCUT2D eigenvalue weighted by molar-refractivity contribution is -0.137. The number of nitrogens with one attached hydrogen (secondary N) is 1. The molecule has 2 nitrogen and oxygen atoms in total. The van der Waals surface area contributed by atoms with E-state index < -0.39 is 11.7 Å². The maximum atomic E-state index is 12.9. The summed E-state index contributed by atoms with van der Waals surface area (Å²) in [5.74, 6) is 0. The molecule has 128 valence electrons. The molecule has 22 heavy (non-hydrogen) atoms. The van der Waals surface area contributed by atoms with Crippen molar-refractivity contribution >= 4 is 36.4 Å². The Morgan fingerprint density at radius 3 is 2.27 bits per heavy atom. The van der Waals surface area contributed by atoms with Crippen LogP contribution in [0.25, 0.3) is 0 Å². The van der Waals surface area contributed by atoms with Crippen molar-refractivity contribution in [2.24, 2.45) is 0 Å². The zero-order valence-electron chi connectivity index (χ0n) is 12.1. The van der Waals surface area contributed by atoms with Crippen LogP contribution in [0, 0.1) is 0 Å². The van der Waals surface area contributed by atoms with E-state index in [0.29, 0.717) is 5.56 Å². The molecule has 0 saturated carbocycles. The van der Waals surface area contributed by atoms with Gasteiger partial charge in [0.25, 0.3) is 0 Å². The first-order chi connectivity index (χ1) is 9.41. The third-order valence-electron chi connectivity index (χ3n) is 3.61. The monoisotopic (exact) mass is 378 g/mol. The predicted molar refractivity (Wildman–Crippen MR) is 88.4 cm³/mol. The van der Waals surface area contributed by atoms with E-state index in [2.05, 4.69) is 10.2 Å². The van der Waals surface area contributed by atoms with E-state index in [1.54, 1.807) is 6.07 Å². The number of benzene rings is 1. The molecule has 0 radical (unpaired) electrons. The molecule has 1 heterocycles. The van der Waals surface area contributed by atoms with Gasteiger partial charge in [0.2, 0.25) is 0 Å². The van der Waals surface area contributed by atoms with Crippen LogP contribution in [0.3, 0.4) is 0 Å². The van der Waals surface area contributed by atoms with Gasteiger partial charge in [0.15, 0.2) is 0 Å². The first-order valence-electron chi connectivity index (χ1n) is 6.74. The van der Waals surface area contributed by atoms with Crippen LogP contribution in [0.5, 0.6) is 0 Å². The smallest absolute Gasteiger partial charge is 0.314 e. The highest BCUT2D eigenvalue weighted by Gasteiger charge is 2.32. The van der Waals surface area contributed by atoms with Crippen LogP contribution < -0.4 is 5.32 Å². The lowest BCUT2D eigenvalue weighted by Gasteiger charge is -2.35. The molecular formula is C14H20Cl3F3N2. The Morgan fingerprint density at radius 1 is 1.18 bits per heavy atom. The highest BCUT2D eigenvalue weighted by molar-refractivity contribution is 6.30. The van der Waals surface area contributed by atoms with Crippen LogP contribution in [0.2, 0.25) is 5.02 Å². The third-order valence-corrected chi connectivity index (χ3v) is 3.83. The molecule has 0 spiro atoms. The van der Waals surface area contributed by atoms with Crippen molar-refractivity contribution in [3.05, 3.63) is 34.3 Å². The number of hydrogen-bond donors (Lipinski definition) is 1. The molecule has 0 aliphatic carbocycles. The molecule has 1 saturated heterocycles. The van der Waals surface area contributed by atoms with Crippen LogP contribution >= 0.6 is 36.4 Å². The zero-order valence-corrected chi connectivity index (χ0v) is 14.5. The van der Waals surface area contributed by atoms with Crippen molar-refractivity contribution < 1.29 is 13.2 Å². The molecular weight excluding hydrogens is 360 g/mol. The van der Waals surface area contributed by atoms with Crippen molar-refractivity contribution in [2.45, 2.75) is 25.6 Å². The van der Waals surface area contributed by atoms with E-state index in [1.807, 2.05) is 6.92 Å². The Labute approximate surface area is 146 Å². The highest BCUT2D eigenvalue weighted by Crippen LogP contribution is 2.35. The Kier molecular flexibility index (Phi) is 9.10. The number of piperazine rings is 1. The van der Waals surface area contributed by atoms with Gasteiger partial charge in [0.1, 0.15) is 0 Å². The molecule has 1 aromatic rings. The summed E-state index contributed by atoms with van der Waals surface area (Å²) in [6, 6.07) is 3.84. The number of rotatable bonds is 3. The Bertz CT molecular complexity index is 463. The fraction of sp³-hybridized carbons (Fsp3) is 0.571. The van der Waals surface area contributed by atoms with Gasteiger partial charge >= 0.3 is 6.18 Å². The van der Waals surface area contributed by atoms with E-state index in [-0.39, 0.29) is 35.9 Å². The van der Waals surface area contributed by atoms with Gasteiger partial charge in [0.05, 0.1) is 5.56 Å². The van der Waals surface area contributed by atoms with Crippen LogP contribution in [0.15, 0.2) is 18.2 Å². The SMILES string of the molecule is CC[C@H](c1cc(Cl)cc(C(F)(F)F)c1)N1CCNCC1.Cl.Cl. The van der Waals surface area contributed by atoms with Crippen molar-refractivity contribution in [3.8, 4) is 0 Å². The van der Waals surface area contributed by atoms with Crippen LogP contribution in [0.1, 0.15) is 30.5 Å². The van der Waals surface area contributed by atoms with E-state index in [9.17, 15) is 13.2 Å². The number of halogens is 6. The van der Waals surface area contributed by atoms with Gasteiger partial charge in [-0.3, -0.25) is 4.90 Å². The molecule has 1 aliphatic heterocycles. The quantitative estimate of drug-likeness (QED) is 0.828. The molecule has 8 heteroatoms. The molecule has 0 amide bonds. The summed E-state index contributed by atoms with van der Waals surface area (Å²) in [7, 11) is 0. The predicted octanol–water partition coefficient (Wildman–Crippen LogP) is 4.56. The van der Waals surface area contributed by atoms with Crippen molar-refractivity contribution in [1.29, 1.82) is 0 Å². The normalized spacial score (nSPS) is 17.3. The van der Waals surface area contributed by atoms with Crippen LogP contribution in [0.4, 0.5) is 13.2 Å². The number of nitrogens with zero attached hydrogens (tertiary/aromatic N) is 1. The second-order valence-electron chi connectivity index (χ2n) is 4.98. The molecule has 0 bridgehead atoms. The molecule has 1 aromatic carbocycles. The summed E-state index contributed by atoms with van der Waals surface area (Å²) >= 11 is 5.87. The Balaban J connectivity index is 0.00000220. The minimum atomic E-state index is -4.36. The second kappa shape index (κ2) is 9.18. The minimum absolute atomic E-state index is 0. The maximum absolute atomic E-state index is 12.9. The van der Waals surface area contributed by atoms with Gasteiger partial charge in [-0.2, -0.15) is 13.2 Å². The molecule has 0 aromatic heterocycles. The van der Waals surface area contributed by atoms with E-state index in [0.717, 1.165) is 38.7 Å². The summed E-state index contributed by atoms with van der Waals surface area (Å²) in [5, 5.41) is 3.39. The number of alkyl halides is 3. The minimum Gasteiger partial charge on any atom is -0.314 e. The first kappa shape index (κ1) is 21.8. The van der Waals surface area contributed by atoms with Gasteiger partial charge in [-0.1, -0.05) is 18.5 Å². The van der Waals surface area contributed by atoms with Crippen LogP contribution in [-0.4, -0.2) is 31.1 Å². The van der Waals surface area contributed by atoms with Crippen molar-refractivity contribution in [1.82, 2.24) is 10.2 Å². The van der Waals surface area contributed by atoms with E-state index in [4.69, 9.17) is 11.6 Å². The molecule has 1 N–H and O–H groups in total. The molecule has 0 unspecified atom stereocenters. The summed E-state index contributed by atoms with van der Waals surface area (Å²) in [6.45, 7) is 5.39. The lowest BCUT2D eigenvalue weighted by atomic mass is 9.99. The van der Waals surface area contributed by atoms with E-state index in [1.165, 1.54) is 6.07 Å². The van der Waals surface area contributed by atoms with Gasteiger partial charge in [0, 0.05) is 37.2 Å². The van der Waals surface area contributed by atoms with Gasteiger partial charge in [-0.05, 0) is 30.2 Å². The lowest BCUT2D eigenvalue weighted by Crippen LogP contribution is -2.45. The Hall–Kier alpha value is -0.200. The van der Waals surface area contributed by atoms with Crippen molar-refractivity contribution in [3.63, 3.8) is 0 Å². The van der Waals surface area contributed by atoms with Gasteiger partial charge < -0.3 is 5.32 Å². The highest BCUT2D eigenvalue weighted by atomic mass is 35.5. The Morgan fingerprint density at radius 2 is 1.77 bits per heavy atom. The summed E-state index contributed by atoms with van der Waals surface area (Å²) in [5.41, 5.74) is -0.0252. The van der Waals surface area contributed by atoms with Crippen molar-refractivity contribution in [2.75, 3.05) is 26.2 Å². The molecule has 1 atom stereocenters. The fourth-order valence-corrected chi connectivity index (χ4v) is 2.91. The second-order valence-corrected chi connectivity index (χ2v) is 5.42. The molecule has 2 rings (SSSR count). The van der Waals surface area contributed by atoms with Gasteiger partial charge in [-0.15, -0.1) is 24.8 Å². The standard InChI is InChI=1S/C14H18ClF3N2.2ClH/c1-2-13(20-5-3-19-4-6-20)10-7-11(14(16,17)18)9-12(15)8-10;;/h7-9,13,19H,2-6H2,1H3;2*1H/t13-;;/m1../s1. The molecule has 1 aliphatic rings. The van der Waals surface area contributed by atoms with Crippen LogP contribution in [-0.2, 0) is 6.18 Å². The zero-order chi connectivity index (χ0) is 14.8. The molecule has 1 fully saturated rings. The summed E-state index contributed by atoms with van der Waals surface area (Å²) in [6.07, 6.45) is -3.60.